The van der Waals surface area contributed by atoms with Gasteiger partial charge in [-0.3, -0.25) is 9.59 Å². The Hall–Kier alpha value is -3.65. The summed E-state index contributed by atoms with van der Waals surface area (Å²) >= 11 is 0. The van der Waals surface area contributed by atoms with E-state index in [1.807, 2.05) is 57.2 Å². The number of unbranched alkanes of at least 4 members (excludes halogenated alkanes) is 3. The first-order chi connectivity index (χ1) is 19.9. The molecule has 1 saturated heterocycles. The fraction of sp³-hybridized carbons (Fsp3) is 0.500. The first-order valence-electron chi connectivity index (χ1n) is 14.5. The molecule has 1 fully saturated rings. The van der Waals surface area contributed by atoms with Crippen molar-refractivity contribution in [2.75, 3.05) is 27.9 Å². The van der Waals surface area contributed by atoms with Gasteiger partial charge in [0, 0.05) is 25.5 Å². The van der Waals surface area contributed by atoms with Crippen molar-refractivity contribution in [1.29, 1.82) is 0 Å². The van der Waals surface area contributed by atoms with Crippen molar-refractivity contribution in [2.24, 2.45) is 5.41 Å². The third-order valence-corrected chi connectivity index (χ3v) is 8.14. The van der Waals surface area contributed by atoms with Gasteiger partial charge in [0.1, 0.15) is 23.4 Å². The summed E-state index contributed by atoms with van der Waals surface area (Å²) in [7, 11) is 4.52. The Bertz CT molecular complexity index is 1310. The molecule has 0 aliphatic carbocycles. The van der Waals surface area contributed by atoms with E-state index in [0.29, 0.717) is 6.42 Å². The van der Waals surface area contributed by atoms with Gasteiger partial charge in [-0.1, -0.05) is 58.1 Å². The minimum atomic E-state index is -0.964. The normalized spacial score (nSPS) is 19.3. The predicted octanol–water partition coefficient (Wildman–Crippen LogP) is 5.77. The zero-order valence-corrected chi connectivity index (χ0v) is 26.0. The van der Waals surface area contributed by atoms with Crippen LogP contribution in [0.5, 0.6) is 5.75 Å². The molecule has 8 heteroatoms. The van der Waals surface area contributed by atoms with Crippen LogP contribution in [0.2, 0.25) is 0 Å². The summed E-state index contributed by atoms with van der Waals surface area (Å²) in [5, 5.41) is 4.90. The highest BCUT2D eigenvalue weighted by Gasteiger charge is 2.53. The molecule has 1 aliphatic heterocycles. The molecule has 1 N–H and O–H groups in total. The summed E-state index contributed by atoms with van der Waals surface area (Å²) in [4.78, 5) is 41.7. The molecular weight excluding hydrogens is 532 g/mol. The zero-order valence-electron chi connectivity index (χ0n) is 26.0. The summed E-state index contributed by atoms with van der Waals surface area (Å²) in [6, 6.07) is 8.18. The van der Waals surface area contributed by atoms with Crippen LogP contribution < -0.4 is 10.1 Å². The molecule has 42 heavy (non-hydrogen) atoms. The molecule has 0 aromatic heterocycles. The fourth-order valence-corrected chi connectivity index (χ4v) is 5.64. The lowest BCUT2D eigenvalue weighted by Crippen LogP contribution is -2.57. The van der Waals surface area contributed by atoms with Crippen molar-refractivity contribution in [3.8, 4) is 5.75 Å². The van der Waals surface area contributed by atoms with Crippen LogP contribution in [0.4, 0.5) is 0 Å². The van der Waals surface area contributed by atoms with Gasteiger partial charge in [-0.15, -0.1) is 6.58 Å². The average Bonchev–Trinajstić information content (AvgIpc) is 3.38. The summed E-state index contributed by atoms with van der Waals surface area (Å²) in [5.74, 6) is -0.321. The first-order valence-corrected chi connectivity index (χ1v) is 14.5. The molecule has 1 aliphatic rings. The van der Waals surface area contributed by atoms with E-state index in [4.69, 9.17) is 14.2 Å². The monoisotopic (exact) mass is 578 g/mol. The van der Waals surface area contributed by atoms with Crippen LogP contribution in [-0.2, 0) is 29.5 Å². The lowest BCUT2D eigenvalue weighted by Gasteiger charge is -2.35. The highest BCUT2D eigenvalue weighted by atomic mass is 16.5. The van der Waals surface area contributed by atoms with Crippen molar-refractivity contribution in [2.45, 2.75) is 77.0 Å². The van der Waals surface area contributed by atoms with Crippen LogP contribution in [0.25, 0.3) is 16.8 Å². The molecule has 0 saturated carbocycles. The van der Waals surface area contributed by atoms with Crippen molar-refractivity contribution >= 4 is 34.6 Å². The van der Waals surface area contributed by atoms with Crippen LogP contribution in [0, 0.1) is 5.41 Å². The molecular formula is C34H46N2O6. The molecule has 0 spiro atoms. The third kappa shape index (κ3) is 7.21. The number of carbonyl (C=O) groups excluding carboxylic acids is 3. The number of fused-ring (bicyclic) bond motifs is 1. The topological polar surface area (TPSA) is 94.2 Å². The highest BCUT2D eigenvalue weighted by Crippen LogP contribution is 2.42. The smallest absolute Gasteiger partial charge is 0.328 e. The molecule has 1 heterocycles. The van der Waals surface area contributed by atoms with Crippen LogP contribution in [0.3, 0.4) is 0 Å². The number of ether oxygens (including phenoxy) is 3. The fourth-order valence-electron chi connectivity index (χ4n) is 5.64. The minimum absolute atomic E-state index is 0.127. The van der Waals surface area contributed by atoms with E-state index < -0.39 is 29.1 Å². The van der Waals surface area contributed by atoms with Gasteiger partial charge in [-0.05, 0) is 59.2 Å². The maximum Gasteiger partial charge on any atom is 0.328 e. The molecule has 3 rings (SSSR count). The maximum absolute atomic E-state index is 14.2. The Morgan fingerprint density at radius 3 is 2.40 bits per heavy atom. The Labute approximate surface area is 250 Å². The average molecular weight is 579 g/mol. The number of hydrogen-bond acceptors (Lipinski definition) is 6. The molecule has 228 valence electrons. The van der Waals surface area contributed by atoms with E-state index in [-0.39, 0.29) is 24.8 Å². The molecule has 3 atom stereocenters. The largest absolute Gasteiger partial charge is 0.496 e. The second-order valence-corrected chi connectivity index (χ2v) is 12.0. The van der Waals surface area contributed by atoms with Crippen LogP contribution >= 0.6 is 0 Å². The molecule has 0 bridgehead atoms. The van der Waals surface area contributed by atoms with Gasteiger partial charge in [-0.25, -0.2) is 4.79 Å². The van der Waals surface area contributed by atoms with E-state index in [1.165, 1.54) is 12.0 Å². The van der Waals surface area contributed by atoms with E-state index in [1.54, 1.807) is 20.3 Å². The van der Waals surface area contributed by atoms with Crippen LogP contribution in [0.15, 0.2) is 49.6 Å². The summed E-state index contributed by atoms with van der Waals surface area (Å²) in [6.07, 6.45) is 7.68. The van der Waals surface area contributed by atoms with Crippen molar-refractivity contribution in [3.05, 3.63) is 60.7 Å². The number of methoxy groups -OCH3 is 3. The first kappa shape index (κ1) is 32.9. The van der Waals surface area contributed by atoms with Gasteiger partial charge >= 0.3 is 5.97 Å². The Morgan fingerprint density at radius 1 is 1.07 bits per heavy atom. The van der Waals surface area contributed by atoms with Gasteiger partial charge in [0.15, 0.2) is 0 Å². The van der Waals surface area contributed by atoms with Crippen LogP contribution in [0.1, 0.15) is 70.4 Å². The van der Waals surface area contributed by atoms with Crippen molar-refractivity contribution < 1.29 is 28.6 Å². The number of amides is 2. The Morgan fingerprint density at radius 2 is 1.81 bits per heavy atom. The predicted molar refractivity (Wildman–Crippen MR) is 166 cm³/mol. The number of nitrogens with one attached hydrogen (secondary N) is 1. The van der Waals surface area contributed by atoms with Gasteiger partial charge in [0.05, 0.1) is 20.8 Å². The van der Waals surface area contributed by atoms with Gasteiger partial charge in [-0.2, -0.15) is 0 Å². The Kier molecular flexibility index (Phi) is 11.0. The van der Waals surface area contributed by atoms with Gasteiger partial charge in [0.2, 0.25) is 11.8 Å². The molecule has 2 unspecified atom stereocenters. The second kappa shape index (κ2) is 14.0. The van der Waals surface area contributed by atoms with E-state index in [0.717, 1.165) is 53.3 Å². The molecule has 2 aromatic carbocycles. The van der Waals surface area contributed by atoms with E-state index >= 15 is 0 Å². The number of allylic oxidation sites excluding steroid dienone is 1. The number of carbonyl (C=O) groups is 3. The Balaban J connectivity index is 1.95. The number of benzene rings is 2. The molecule has 2 aromatic rings. The SMILES string of the molecule is C=CCCCCCC(=O)N[C@H](C(=O)N1CC(OC)(c2ccc3cc(OC)c(C=C)cc3c2)CC1C(=O)OC)C(C)(C)C. The van der Waals surface area contributed by atoms with Crippen molar-refractivity contribution in [3.63, 3.8) is 0 Å². The second-order valence-electron chi connectivity index (χ2n) is 12.0. The lowest BCUT2D eigenvalue weighted by molar-refractivity contribution is -0.153. The third-order valence-electron chi connectivity index (χ3n) is 8.14. The number of nitrogens with zero attached hydrogens (tertiary/aromatic N) is 1. The number of hydrogen-bond donors (Lipinski definition) is 1. The number of rotatable bonds is 13. The van der Waals surface area contributed by atoms with Crippen LogP contribution in [-0.4, -0.2) is 62.6 Å². The highest BCUT2D eigenvalue weighted by molar-refractivity contribution is 5.92. The minimum Gasteiger partial charge on any atom is -0.496 e. The summed E-state index contributed by atoms with van der Waals surface area (Å²) < 4.78 is 16.8. The lowest BCUT2D eigenvalue weighted by atomic mass is 9.85. The maximum atomic E-state index is 14.2. The standard InChI is InChI=1S/C34H46N2O6/c1-9-11-12-13-14-15-29(37)35-30(33(3,4)5)31(38)36-22-34(42-8,21-27(36)32(39)41-7)26-17-16-24-20-28(40-6)23(10-2)18-25(24)19-26/h9-10,16-20,27,30H,1-2,11-15,21-22H2,3-8H3,(H,35,37)/t27?,30-,34?/m1/s1. The molecule has 0 radical (unpaired) electrons. The van der Waals surface area contributed by atoms with E-state index in [9.17, 15) is 14.4 Å². The summed E-state index contributed by atoms with van der Waals surface area (Å²) in [6.45, 7) is 13.5. The summed E-state index contributed by atoms with van der Waals surface area (Å²) in [5.41, 5.74) is 0.123. The number of esters is 1. The van der Waals surface area contributed by atoms with Gasteiger partial charge < -0.3 is 24.4 Å². The van der Waals surface area contributed by atoms with Crippen molar-refractivity contribution in [1.82, 2.24) is 10.2 Å². The van der Waals surface area contributed by atoms with Gasteiger partial charge in [0.25, 0.3) is 0 Å². The quantitative estimate of drug-likeness (QED) is 0.184. The van der Waals surface area contributed by atoms with E-state index in [2.05, 4.69) is 18.5 Å². The number of likely N-dealkylation sites (tertiary alicyclic amines) is 1. The molecule has 8 nitrogen and oxygen atoms in total. The zero-order chi connectivity index (χ0) is 31.1. The molecule has 2 amide bonds.